The van der Waals surface area contributed by atoms with Gasteiger partial charge in [0.15, 0.2) is 0 Å². The van der Waals surface area contributed by atoms with Gasteiger partial charge in [-0.1, -0.05) is 74.9 Å². The molecule has 14 heteroatoms. The Morgan fingerprint density at radius 1 is 0.766 bits per heavy atom. The van der Waals surface area contributed by atoms with Crippen molar-refractivity contribution >= 4 is 29.0 Å². The highest BCUT2D eigenvalue weighted by atomic mass is 16.2. The summed E-state index contributed by atoms with van der Waals surface area (Å²) in [5.41, 5.74) is 36.3. The van der Waals surface area contributed by atoms with Gasteiger partial charge in [0, 0.05) is 18.5 Å². The molecule has 0 bridgehead atoms. The molecule has 0 aliphatic heterocycles. The first-order valence-corrected chi connectivity index (χ1v) is 16.0. The van der Waals surface area contributed by atoms with E-state index in [-0.39, 0.29) is 24.6 Å². The van der Waals surface area contributed by atoms with E-state index in [4.69, 9.17) is 28.3 Å². The van der Waals surface area contributed by atoms with Crippen LogP contribution in [0.1, 0.15) is 62.6 Å². The van der Waals surface area contributed by atoms with Gasteiger partial charge in [0.25, 0.3) is 0 Å². The molecular weight excluding hydrogens is 600 g/mol. The predicted molar refractivity (Wildman–Crippen MR) is 182 cm³/mol. The molecule has 14 nitrogen and oxygen atoms in total. The number of nitrogens with one attached hydrogen (secondary N) is 6. The second-order valence-corrected chi connectivity index (χ2v) is 11.8. The molecule has 0 amide bonds. The minimum Gasteiger partial charge on any atom is -0.384 e. The Labute approximate surface area is 277 Å². The molecule has 0 aromatic heterocycles. The van der Waals surface area contributed by atoms with Crippen LogP contribution in [0.2, 0.25) is 0 Å². The van der Waals surface area contributed by atoms with E-state index in [1.54, 1.807) is 50.2 Å². The number of unbranched alkanes of at least 4 members (excludes halogenated alkanes) is 1. The summed E-state index contributed by atoms with van der Waals surface area (Å²) in [7, 11) is 0. The fourth-order valence-corrected chi connectivity index (χ4v) is 4.80. The fourth-order valence-electron chi connectivity index (χ4n) is 4.80. The zero-order chi connectivity index (χ0) is 34.8. The van der Waals surface area contributed by atoms with Gasteiger partial charge in [-0.3, -0.25) is 35.3 Å². The van der Waals surface area contributed by atoms with E-state index >= 15 is 0 Å². The smallest absolute Gasteiger partial charge is 0.218 e. The average Bonchev–Trinajstić information content (AvgIpc) is 3.04. The lowest BCUT2D eigenvalue weighted by molar-refractivity contribution is -0.140. The molecule has 0 radical (unpaired) electrons. The number of hydrazine groups is 2. The van der Waals surface area contributed by atoms with Crippen LogP contribution in [0.25, 0.3) is 0 Å². The van der Waals surface area contributed by atoms with Crippen LogP contribution in [0.3, 0.4) is 0 Å². The van der Waals surface area contributed by atoms with Gasteiger partial charge in [0.05, 0.1) is 18.1 Å². The molecule has 3 atom stereocenters. The zero-order valence-electron chi connectivity index (χ0n) is 27.4. The molecule has 2 aromatic rings. The normalized spacial score (nSPS) is 13.3. The second-order valence-electron chi connectivity index (χ2n) is 11.8. The summed E-state index contributed by atoms with van der Waals surface area (Å²) < 4.78 is 0. The molecule has 47 heavy (non-hydrogen) atoms. The number of ketones is 4. The largest absolute Gasteiger partial charge is 0.384 e. The third-order valence-corrected chi connectivity index (χ3v) is 7.55. The van der Waals surface area contributed by atoms with Gasteiger partial charge in [0.1, 0.15) is 12.1 Å². The van der Waals surface area contributed by atoms with Crippen LogP contribution in [0, 0.1) is 11.3 Å². The van der Waals surface area contributed by atoms with Crippen molar-refractivity contribution in [3.05, 3.63) is 71.3 Å². The Bertz CT molecular complexity index is 1290. The lowest BCUT2D eigenvalue weighted by Crippen LogP contribution is -2.59. The van der Waals surface area contributed by atoms with Gasteiger partial charge < -0.3 is 22.9 Å². The summed E-state index contributed by atoms with van der Waals surface area (Å²) in [5, 5.41) is 10.4. The van der Waals surface area contributed by atoms with Gasteiger partial charge in [-0.15, -0.1) is 0 Å². The molecule has 0 fully saturated rings. The van der Waals surface area contributed by atoms with E-state index < -0.39 is 47.5 Å². The number of hydrogen-bond donors (Lipinski definition) is 10. The number of rotatable bonds is 25. The van der Waals surface area contributed by atoms with Crippen LogP contribution in [-0.2, 0) is 32.1 Å². The van der Waals surface area contributed by atoms with Crippen molar-refractivity contribution in [3.63, 3.8) is 0 Å². The van der Waals surface area contributed by atoms with Crippen LogP contribution in [0.5, 0.6) is 0 Å². The molecule has 2 aromatic carbocycles. The SMILES string of the molecule is CC(C)[C@H](NN[C@@H](CCCNC(N)N)C(=O)C(=O)Cc1ccccc1)C(=O)C(=O)[C@H](CCCCN)NNCc1ccc(C(=N)N)cc1. The maximum Gasteiger partial charge on any atom is 0.218 e. The number of benzene rings is 2. The molecule has 0 aliphatic carbocycles. The van der Waals surface area contributed by atoms with Crippen LogP contribution in [-0.4, -0.2) is 66.5 Å². The number of nitrogen functional groups attached to an aromatic ring is 1. The fraction of sp³-hybridized carbons (Fsp3) is 0.485. The number of carbonyl (C=O) groups is 4. The zero-order valence-corrected chi connectivity index (χ0v) is 27.4. The molecule has 0 saturated carbocycles. The van der Waals surface area contributed by atoms with Crippen molar-refractivity contribution in [3.8, 4) is 0 Å². The van der Waals surface area contributed by atoms with Crippen molar-refractivity contribution < 1.29 is 19.2 Å². The quantitative estimate of drug-likeness (QED) is 0.0164. The predicted octanol–water partition coefficient (Wildman–Crippen LogP) is -0.360. The number of nitrogens with two attached hydrogens (primary N) is 4. The first-order chi connectivity index (χ1) is 22.4. The van der Waals surface area contributed by atoms with Crippen LogP contribution in [0.15, 0.2) is 54.6 Å². The highest BCUT2D eigenvalue weighted by Crippen LogP contribution is 2.11. The molecule has 0 spiro atoms. The van der Waals surface area contributed by atoms with E-state index in [0.717, 1.165) is 5.56 Å². The first-order valence-electron chi connectivity index (χ1n) is 16.0. The summed E-state index contributed by atoms with van der Waals surface area (Å²) in [4.78, 5) is 53.4. The third kappa shape index (κ3) is 14.3. The van der Waals surface area contributed by atoms with E-state index in [0.29, 0.717) is 56.4 Å². The number of Topliss-reactive ketones (excluding diaryl/α,β-unsaturated/α-hetero) is 4. The summed E-state index contributed by atoms with van der Waals surface area (Å²) >= 11 is 0. The molecule has 2 rings (SSSR count). The molecular formula is C33H52N10O4. The minimum absolute atomic E-state index is 0.0303. The van der Waals surface area contributed by atoms with Crippen LogP contribution < -0.4 is 50.0 Å². The minimum atomic E-state index is -0.976. The monoisotopic (exact) mass is 652 g/mol. The summed E-state index contributed by atoms with van der Waals surface area (Å²) in [6.07, 6.45) is 1.62. The molecule has 0 heterocycles. The van der Waals surface area contributed by atoms with Gasteiger partial charge in [-0.25, -0.2) is 16.3 Å². The molecule has 14 N–H and O–H groups in total. The summed E-state index contributed by atoms with van der Waals surface area (Å²) in [6, 6.07) is 13.3. The lowest BCUT2D eigenvalue weighted by Gasteiger charge is -2.26. The molecule has 0 saturated heterocycles. The Morgan fingerprint density at radius 2 is 1.40 bits per heavy atom. The second kappa shape index (κ2) is 21.2. The van der Waals surface area contributed by atoms with Gasteiger partial charge in [0.2, 0.25) is 23.1 Å². The maximum atomic E-state index is 13.6. The summed E-state index contributed by atoms with van der Waals surface area (Å²) in [5.74, 6) is -2.86. The van der Waals surface area contributed by atoms with Crippen LogP contribution >= 0.6 is 0 Å². The Hall–Kier alpha value is -3.73. The summed E-state index contributed by atoms with van der Waals surface area (Å²) in [6.45, 7) is 4.79. The standard InChI is InChI=1S/C33H52N10O4/c1-21(2)28(43-42-25(12-8-18-39-33(37)38)29(45)27(44)19-22-9-4-3-5-10-22)31(47)30(46)26(11-6-7-17-34)41-40-20-23-13-15-24(16-14-23)32(35)36/h3-5,9-10,13-16,21,25-26,28,33,39-43H,6-8,11-12,17-20,34,37-38H2,1-2H3,(H3,35,36)/t25-,26-,28-/m0/s1. The van der Waals surface area contributed by atoms with E-state index in [2.05, 4.69) is 27.0 Å². The first kappa shape index (κ1) is 39.4. The number of amidine groups is 1. The topological polar surface area (TPSA) is 256 Å². The molecule has 0 aliphatic rings. The maximum absolute atomic E-state index is 13.6. The van der Waals surface area contributed by atoms with Crippen molar-refractivity contribution in [2.75, 3.05) is 13.1 Å². The van der Waals surface area contributed by atoms with Gasteiger partial charge >= 0.3 is 0 Å². The van der Waals surface area contributed by atoms with Crippen molar-refractivity contribution in [1.29, 1.82) is 5.41 Å². The Kier molecular flexibility index (Phi) is 17.8. The van der Waals surface area contributed by atoms with E-state index in [9.17, 15) is 19.2 Å². The average molecular weight is 653 g/mol. The van der Waals surface area contributed by atoms with Gasteiger partial charge in [-0.2, -0.15) is 0 Å². The lowest BCUT2D eigenvalue weighted by atomic mass is 9.93. The van der Waals surface area contributed by atoms with Crippen LogP contribution in [0.4, 0.5) is 0 Å². The molecule has 258 valence electrons. The number of hydrogen-bond acceptors (Lipinski definition) is 13. The van der Waals surface area contributed by atoms with E-state index in [1.807, 2.05) is 18.2 Å². The highest BCUT2D eigenvalue weighted by Gasteiger charge is 2.34. The third-order valence-electron chi connectivity index (χ3n) is 7.55. The van der Waals surface area contributed by atoms with Crippen molar-refractivity contribution in [1.82, 2.24) is 27.0 Å². The highest BCUT2D eigenvalue weighted by molar-refractivity contribution is 6.41. The Balaban J connectivity index is 2.12. The van der Waals surface area contributed by atoms with E-state index in [1.165, 1.54) is 0 Å². The van der Waals surface area contributed by atoms with Crippen molar-refractivity contribution in [2.45, 2.75) is 83.3 Å². The van der Waals surface area contributed by atoms with Gasteiger partial charge in [-0.05, 0) is 55.8 Å². The Morgan fingerprint density at radius 3 is 2.00 bits per heavy atom. The van der Waals surface area contributed by atoms with Crippen molar-refractivity contribution in [2.24, 2.45) is 28.9 Å². The number of carbonyl (C=O) groups excluding carboxylic acids is 4. The molecule has 0 unspecified atom stereocenters.